The molecule has 0 aliphatic heterocycles. The molecular weight excluding hydrogens is 438 g/mol. The van der Waals surface area contributed by atoms with Crippen LogP contribution >= 0.6 is 11.3 Å². The Morgan fingerprint density at radius 3 is 2.33 bits per heavy atom. The second-order valence-corrected chi connectivity index (χ2v) is 8.45. The Balaban J connectivity index is 1.73. The molecule has 0 bridgehead atoms. The Morgan fingerprint density at radius 1 is 0.879 bits per heavy atom. The predicted octanol–water partition coefficient (Wildman–Crippen LogP) is 4.98. The third-order valence-electron chi connectivity index (χ3n) is 5.16. The van der Waals surface area contributed by atoms with E-state index >= 15 is 0 Å². The van der Waals surface area contributed by atoms with Gasteiger partial charge in [0.1, 0.15) is 5.01 Å². The zero-order chi connectivity index (χ0) is 23.8. The number of aromatic nitrogens is 2. The summed E-state index contributed by atoms with van der Waals surface area (Å²) in [6.45, 7) is 5.90. The van der Waals surface area contributed by atoms with Gasteiger partial charge in [-0.15, -0.1) is 10.2 Å². The lowest BCUT2D eigenvalue weighted by Crippen LogP contribution is -2.22. The highest BCUT2D eigenvalue weighted by Gasteiger charge is 2.17. The maximum Gasteiger partial charge on any atom is 0.259 e. The van der Waals surface area contributed by atoms with Gasteiger partial charge >= 0.3 is 0 Å². The number of aryl methyl sites for hydroxylation is 1. The van der Waals surface area contributed by atoms with Crippen molar-refractivity contribution in [2.24, 2.45) is 5.92 Å². The topological polar surface area (TPSA) is 113 Å². The molecule has 172 valence electrons. The molecule has 1 heterocycles. The Morgan fingerprint density at radius 2 is 1.64 bits per heavy atom. The fourth-order valence-electron chi connectivity index (χ4n) is 3.24. The van der Waals surface area contributed by atoms with Crippen LogP contribution in [-0.4, -0.2) is 27.9 Å². The Kier molecular flexibility index (Phi) is 8.26. The molecule has 0 atom stereocenters. The molecule has 9 heteroatoms. The minimum absolute atomic E-state index is 0.0671. The SMILES string of the molecule is CCc1nnc(NC(=O)c2ccccc2NC(=O)c2cccc(NC(=O)C(CC)CC)c2)s1. The molecule has 0 aliphatic carbocycles. The van der Waals surface area contributed by atoms with Gasteiger partial charge in [-0.2, -0.15) is 0 Å². The van der Waals surface area contributed by atoms with E-state index in [1.165, 1.54) is 11.3 Å². The molecule has 0 saturated carbocycles. The fraction of sp³-hybridized carbons (Fsp3) is 0.292. The number of hydrogen-bond donors (Lipinski definition) is 3. The number of carbonyl (C=O) groups excluding carboxylic acids is 3. The van der Waals surface area contributed by atoms with Gasteiger partial charge < -0.3 is 10.6 Å². The summed E-state index contributed by atoms with van der Waals surface area (Å²) in [4.78, 5) is 38.0. The summed E-state index contributed by atoms with van der Waals surface area (Å²) in [5.41, 5.74) is 1.59. The molecule has 3 rings (SSSR count). The van der Waals surface area contributed by atoms with E-state index in [0.717, 1.165) is 24.3 Å². The lowest BCUT2D eigenvalue weighted by atomic mass is 10.0. The average Bonchev–Trinajstić information content (AvgIpc) is 3.28. The van der Waals surface area contributed by atoms with E-state index < -0.39 is 11.8 Å². The van der Waals surface area contributed by atoms with Gasteiger partial charge in [0.15, 0.2) is 0 Å². The van der Waals surface area contributed by atoms with Crippen molar-refractivity contribution in [3.63, 3.8) is 0 Å². The third-order valence-corrected chi connectivity index (χ3v) is 6.14. The van der Waals surface area contributed by atoms with Gasteiger partial charge in [0.25, 0.3) is 11.8 Å². The second-order valence-electron chi connectivity index (χ2n) is 7.39. The number of rotatable bonds is 9. The molecule has 0 spiro atoms. The van der Waals surface area contributed by atoms with Gasteiger partial charge in [-0.3, -0.25) is 19.7 Å². The van der Waals surface area contributed by atoms with E-state index in [9.17, 15) is 14.4 Å². The van der Waals surface area contributed by atoms with Crippen LogP contribution in [0, 0.1) is 5.92 Å². The summed E-state index contributed by atoms with van der Waals surface area (Å²) in [5.74, 6) is -0.925. The number of nitrogens with zero attached hydrogens (tertiary/aromatic N) is 2. The highest BCUT2D eigenvalue weighted by Crippen LogP contribution is 2.21. The molecular formula is C24H27N5O3S. The van der Waals surface area contributed by atoms with Crippen LogP contribution in [0.2, 0.25) is 0 Å². The zero-order valence-corrected chi connectivity index (χ0v) is 19.7. The van der Waals surface area contributed by atoms with Crippen LogP contribution in [-0.2, 0) is 11.2 Å². The maximum atomic E-state index is 12.9. The van der Waals surface area contributed by atoms with E-state index in [4.69, 9.17) is 0 Å². The van der Waals surface area contributed by atoms with Gasteiger partial charge in [0, 0.05) is 17.2 Å². The number of amides is 3. The van der Waals surface area contributed by atoms with Crippen molar-refractivity contribution in [3.05, 3.63) is 64.7 Å². The summed E-state index contributed by atoms with van der Waals surface area (Å²) in [6, 6.07) is 13.4. The van der Waals surface area contributed by atoms with Crippen LogP contribution in [0.25, 0.3) is 0 Å². The molecule has 3 aromatic rings. The normalized spacial score (nSPS) is 10.7. The monoisotopic (exact) mass is 465 g/mol. The first-order valence-electron chi connectivity index (χ1n) is 10.9. The maximum absolute atomic E-state index is 12.9. The van der Waals surface area contributed by atoms with Crippen LogP contribution < -0.4 is 16.0 Å². The van der Waals surface area contributed by atoms with Crippen LogP contribution in [0.15, 0.2) is 48.5 Å². The second kappa shape index (κ2) is 11.3. The number of carbonyl (C=O) groups is 3. The van der Waals surface area contributed by atoms with Gasteiger partial charge in [-0.25, -0.2) is 0 Å². The average molecular weight is 466 g/mol. The van der Waals surface area contributed by atoms with E-state index in [0.29, 0.717) is 27.6 Å². The molecule has 0 saturated heterocycles. The van der Waals surface area contributed by atoms with Crippen molar-refractivity contribution in [1.29, 1.82) is 0 Å². The predicted molar refractivity (Wildman–Crippen MR) is 131 cm³/mol. The van der Waals surface area contributed by atoms with E-state index in [1.54, 1.807) is 48.5 Å². The first-order valence-corrected chi connectivity index (χ1v) is 11.7. The van der Waals surface area contributed by atoms with Gasteiger partial charge in [0.2, 0.25) is 11.0 Å². The molecule has 33 heavy (non-hydrogen) atoms. The van der Waals surface area contributed by atoms with Crippen molar-refractivity contribution in [1.82, 2.24) is 10.2 Å². The molecule has 8 nitrogen and oxygen atoms in total. The Bertz CT molecular complexity index is 1140. The molecule has 0 fully saturated rings. The lowest BCUT2D eigenvalue weighted by Gasteiger charge is -2.14. The quantitative estimate of drug-likeness (QED) is 0.412. The highest BCUT2D eigenvalue weighted by molar-refractivity contribution is 7.15. The number of hydrogen-bond acceptors (Lipinski definition) is 6. The number of para-hydroxylation sites is 1. The van der Waals surface area contributed by atoms with Crippen LogP contribution in [0.5, 0.6) is 0 Å². The number of benzene rings is 2. The third kappa shape index (κ3) is 6.23. The summed E-state index contributed by atoms with van der Waals surface area (Å²) in [5, 5.41) is 17.6. The van der Waals surface area contributed by atoms with E-state index in [1.807, 2.05) is 20.8 Å². The zero-order valence-electron chi connectivity index (χ0n) is 18.8. The standard InChI is InChI=1S/C24H27N5O3S/c1-4-15(5-2)21(30)25-17-11-9-10-16(14-17)22(31)26-19-13-8-7-12-18(19)23(32)27-24-29-28-20(6-3)33-24/h7-15H,4-6H2,1-3H3,(H,25,30)(H,26,31)(H,27,29,32). The van der Waals surface area contributed by atoms with Gasteiger partial charge in [-0.1, -0.05) is 50.3 Å². The molecule has 3 N–H and O–H groups in total. The van der Waals surface area contributed by atoms with E-state index in [2.05, 4.69) is 26.1 Å². The van der Waals surface area contributed by atoms with Gasteiger partial charge in [-0.05, 0) is 49.6 Å². The Labute approximate surface area is 196 Å². The van der Waals surface area contributed by atoms with Crippen molar-refractivity contribution in [2.45, 2.75) is 40.0 Å². The first-order chi connectivity index (χ1) is 15.9. The minimum Gasteiger partial charge on any atom is -0.326 e. The molecule has 2 aromatic carbocycles. The van der Waals surface area contributed by atoms with Crippen molar-refractivity contribution in [3.8, 4) is 0 Å². The van der Waals surface area contributed by atoms with Crippen LogP contribution in [0.4, 0.5) is 16.5 Å². The van der Waals surface area contributed by atoms with Crippen molar-refractivity contribution >= 4 is 45.6 Å². The molecule has 0 radical (unpaired) electrons. The van der Waals surface area contributed by atoms with E-state index in [-0.39, 0.29) is 11.8 Å². The number of nitrogens with one attached hydrogen (secondary N) is 3. The highest BCUT2D eigenvalue weighted by atomic mass is 32.1. The summed E-state index contributed by atoms with van der Waals surface area (Å²) < 4.78 is 0. The van der Waals surface area contributed by atoms with Gasteiger partial charge in [0.05, 0.1) is 11.3 Å². The molecule has 1 aromatic heterocycles. The molecule has 0 aliphatic rings. The number of anilines is 3. The summed E-state index contributed by atoms with van der Waals surface area (Å²) in [6.07, 6.45) is 2.23. The minimum atomic E-state index is -0.393. The van der Waals surface area contributed by atoms with Crippen molar-refractivity contribution < 1.29 is 14.4 Å². The first kappa shape index (κ1) is 24.1. The largest absolute Gasteiger partial charge is 0.326 e. The molecule has 3 amide bonds. The van der Waals surface area contributed by atoms with Crippen molar-refractivity contribution in [2.75, 3.05) is 16.0 Å². The van der Waals surface area contributed by atoms with Crippen LogP contribution in [0.3, 0.4) is 0 Å². The Hall–Kier alpha value is -3.59. The van der Waals surface area contributed by atoms with Crippen LogP contribution in [0.1, 0.15) is 59.3 Å². The summed E-state index contributed by atoms with van der Waals surface area (Å²) in [7, 11) is 0. The lowest BCUT2D eigenvalue weighted by molar-refractivity contribution is -0.120. The molecule has 0 unspecified atom stereocenters. The smallest absolute Gasteiger partial charge is 0.259 e. The summed E-state index contributed by atoms with van der Waals surface area (Å²) >= 11 is 1.31. The fourth-order valence-corrected chi connectivity index (χ4v) is 3.91.